The Balaban J connectivity index is 1.31. The summed E-state index contributed by atoms with van der Waals surface area (Å²) in [5.74, 6) is 0.919. The predicted octanol–water partition coefficient (Wildman–Crippen LogP) is 4.81. The summed E-state index contributed by atoms with van der Waals surface area (Å²) in [4.78, 5) is 35.3. The molecule has 1 fully saturated rings. The molecule has 0 atom stereocenters. The first-order valence-electron chi connectivity index (χ1n) is 12.4. The Morgan fingerprint density at radius 1 is 1.08 bits per heavy atom. The molecule has 2 aromatic carbocycles. The summed E-state index contributed by atoms with van der Waals surface area (Å²) in [5.41, 5.74) is 4.89. The standard InChI is InChI=1S/C27H30N6O3/c1-18-21(8-7-9-22(18)29-19(2)34)27-30-26(31-36-27)20-10-11-24-23(16-20)28-17-33(24)15-12-25(35)32-13-5-3-4-6-14-32/h7-11,16-17H,3-6,12-15H2,1-2H3,(H,29,34). The number of benzene rings is 2. The van der Waals surface area contributed by atoms with Gasteiger partial charge in [0.2, 0.25) is 17.6 Å². The van der Waals surface area contributed by atoms with Gasteiger partial charge in [-0.1, -0.05) is 24.1 Å². The highest BCUT2D eigenvalue weighted by atomic mass is 16.5. The number of aromatic nitrogens is 4. The molecule has 0 aliphatic carbocycles. The Morgan fingerprint density at radius 3 is 2.67 bits per heavy atom. The van der Waals surface area contributed by atoms with Gasteiger partial charge in [-0.15, -0.1) is 0 Å². The first kappa shape index (κ1) is 23.7. The third-order valence-electron chi connectivity index (χ3n) is 6.71. The second-order valence-electron chi connectivity index (χ2n) is 9.27. The van der Waals surface area contributed by atoms with E-state index in [0.717, 1.165) is 53.7 Å². The van der Waals surface area contributed by atoms with Crippen LogP contribution in [0.15, 0.2) is 47.2 Å². The van der Waals surface area contributed by atoms with Gasteiger partial charge in [0.05, 0.1) is 17.4 Å². The Kier molecular flexibility index (Phi) is 6.79. The van der Waals surface area contributed by atoms with Crippen molar-refractivity contribution in [2.24, 2.45) is 0 Å². The van der Waals surface area contributed by atoms with Crippen LogP contribution in [0.25, 0.3) is 33.9 Å². The van der Waals surface area contributed by atoms with E-state index >= 15 is 0 Å². The monoisotopic (exact) mass is 486 g/mol. The molecule has 186 valence electrons. The Hall–Kier alpha value is -4.01. The smallest absolute Gasteiger partial charge is 0.258 e. The number of aryl methyl sites for hydroxylation is 1. The fourth-order valence-electron chi connectivity index (χ4n) is 4.72. The molecule has 2 amide bonds. The third-order valence-corrected chi connectivity index (χ3v) is 6.71. The fraction of sp³-hybridized carbons (Fsp3) is 0.370. The van der Waals surface area contributed by atoms with Gasteiger partial charge >= 0.3 is 0 Å². The van der Waals surface area contributed by atoms with Crippen LogP contribution in [0.2, 0.25) is 0 Å². The maximum Gasteiger partial charge on any atom is 0.258 e. The molecule has 0 spiro atoms. The number of carbonyl (C=O) groups excluding carboxylic acids is 2. The maximum atomic E-state index is 12.7. The zero-order chi connectivity index (χ0) is 25.1. The number of imidazole rings is 1. The van der Waals surface area contributed by atoms with Crippen molar-refractivity contribution < 1.29 is 14.1 Å². The molecular formula is C27H30N6O3. The van der Waals surface area contributed by atoms with E-state index in [9.17, 15) is 9.59 Å². The molecule has 3 heterocycles. The quantitative estimate of drug-likeness (QED) is 0.419. The molecule has 4 aromatic rings. The largest absolute Gasteiger partial charge is 0.343 e. The first-order valence-corrected chi connectivity index (χ1v) is 12.4. The van der Waals surface area contributed by atoms with Gasteiger partial charge in [0.25, 0.3) is 5.89 Å². The van der Waals surface area contributed by atoms with Crippen molar-refractivity contribution in [3.8, 4) is 22.8 Å². The van der Waals surface area contributed by atoms with Crippen molar-refractivity contribution in [3.05, 3.63) is 48.3 Å². The van der Waals surface area contributed by atoms with Gasteiger partial charge in [-0.05, 0) is 55.7 Å². The van der Waals surface area contributed by atoms with Crippen LogP contribution >= 0.6 is 0 Å². The molecule has 0 saturated carbocycles. The van der Waals surface area contributed by atoms with Crippen molar-refractivity contribution in [1.82, 2.24) is 24.6 Å². The highest BCUT2D eigenvalue weighted by Crippen LogP contribution is 2.30. The molecule has 36 heavy (non-hydrogen) atoms. The summed E-state index contributed by atoms with van der Waals surface area (Å²) in [7, 11) is 0. The third kappa shape index (κ3) is 5.00. The molecule has 1 aliphatic rings. The SMILES string of the molecule is CC(=O)Nc1cccc(-c2nc(-c3ccc4c(c3)ncn4CCC(=O)N3CCCCCC3)no2)c1C. The van der Waals surface area contributed by atoms with Crippen LogP contribution in [0.5, 0.6) is 0 Å². The van der Waals surface area contributed by atoms with Crippen molar-refractivity contribution in [2.45, 2.75) is 52.5 Å². The van der Waals surface area contributed by atoms with Crippen molar-refractivity contribution in [2.75, 3.05) is 18.4 Å². The summed E-state index contributed by atoms with van der Waals surface area (Å²) in [5, 5.41) is 6.99. The van der Waals surface area contributed by atoms with Gasteiger partial charge in [0.15, 0.2) is 0 Å². The van der Waals surface area contributed by atoms with E-state index in [2.05, 4.69) is 20.4 Å². The van der Waals surface area contributed by atoms with E-state index in [1.54, 1.807) is 6.33 Å². The van der Waals surface area contributed by atoms with Crippen LogP contribution in [0.4, 0.5) is 5.69 Å². The van der Waals surface area contributed by atoms with E-state index in [4.69, 9.17) is 4.52 Å². The molecule has 0 bridgehead atoms. The number of amides is 2. The Labute approximate surface area is 209 Å². The summed E-state index contributed by atoms with van der Waals surface area (Å²) in [6.45, 7) is 5.72. The van der Waals surface area contributed by atoms with E-state index in [1.165, 1.54) is 19.8 Å². The maximum absolute atomic E-state index is 12.7. The van der Waals surface area contributed by atoms with Gasteiger partial charge in [0.1, 0.15) is 0 Å². The minimum atomic E-state index is -0.138. The number of likely N-dealkylation sites (tertiary alicyclic amines) is 1. The van der Waals surface area contributed by atoms with Gasteiger partial charge in [-0.3, -0.25) is 9.59 Å². The fourth-order valence-corrected chi connectivity index (χ4v) is 4.72. The number of nitrogens with zero attached hydrogens (tertiary/aromatic N) is 5. The van der Waals surface area contributed by atoms with Gasteiger partial charge in [-0.2, -0.15) is 4.98 Å². The minimum Gasteiger partial charge on any atom is -0.343 e. The van der Waals surface area contributed by atoms with Crippen molar-refractivity contribution in [3.63, 3.8) is 0 Å². The molecule has 1 N–H and O–H groups in total. The van der Waals surface area contributed by atoms with E-state index in [1.807, 2.05) is 52.8 Å². The molecule has 0 unspecified atom stereocenters. The Bertz CT molecular complexity index is 1400. The summed E-state index contributed by atoms with van der Waals surface area (Å²) < 4.78 is 7.57. The molecule has 1 aliphatic heterocycles. The van der Waals surface area contributed by atoms with Crippen LogP contribution < -0.4 is 5.32 Å². The number of rotatable bonds is 6. The first-order chi connectivity index (χ1) is 17.5. The highest BCUT2D eigenvalue weighted by molar-refractivity contribution is 5.90. The summed E-state index contributed by atoms with van der Waals surface area (Å²) >= 11 is 0. The number of fused-ring (bicyclic) bond motifs is 1. The molecule has 9 nitrogen and oxygen atoms in total. The van der Waals surface area contributed by atoms with Crippen LogP contribution in [0.3, 0.4) is 0 Å². The average molecular weight is 487 g/mol. The highest BCUT2D eigenvalue weighted by Gasteiger charge is 2.17. The normalized spacial score (nSPS) is 14.1. The van der Waals surface area contributed by atoms with Crippen molar-refractivity contribution >= 4 is 28.5 Å². The van der Waals surface area contributed by atoms with Gasteiger partial charge < -0.3 is 19.3 Å². The van der Waals surface area contributed by atoms with Crippen LogP contribution in [-0.2, 0) is 16.1 Å². The van der Waals surface area contributed by atoms with E-state index < -0.39 is 0 Å². The average Bonchev–Trinajstić information content (AvgIpc) is 3.42. The Morgan fingerprint density at radius 2 is 1.89 bits per heavy atom. The molecular weight excluding hydrogens is 456 g/mol. The zero-order valence-corrected chi connectivity index (χ0v) is 20.7. The van der Waals surface area contributed by atoms with E-state index in [-0.39, 0.29) is 11.8 Å². The van der Waals surface area contributed by atoms with Gasteiger partial charge in [0, 0.05) is 49.8 Å². The minimum absolute atomic E-state index is 0.138. The van der Waals surface area contributed by atoms with E-state index in [0.29, 0.717) is 30.4 Å². The van der Waals surface area contributed by atoms with Crippen LogP contribution in [0.1, 0.15) is 44.6 Å². The van der Waals surface area contributed by atoms with Crippen LogP contribution in [0, 0.1) is 6.92 Å². The lowest BCUT2D eigenvalue weighted by molar-refractivity contribution is -0.131. The molecule has 2 aromatic heterocycles. The van der Waals surface area contributed by atoms with Crippen molar-refractivity contribution in [1.29, 1.82) is 0 Å². The molecule has 9 heteroatoms. The predicted molar refractivity (Wildman–Crippen MR) is 137 cm³/mol. The summed E-state index contributed by atoms with van der Waals surface area (Å²) in [6.07, 6.45) is 6.87. The van der Waals surface area contributed by atoms with Gasteiger partial charge in [-0.25, -0.2) is 4.98 Å². The second-order valence-corrected chi connectivity index (χ2v) is 9.27. The lowest BCUT2D eigenvalue weighted by atomic mass is 10.1. The lowest BCUT2D eigenvalue weighted by Crippen LogP contribution is -2.32. The number of hydrogen-bond donors (Lipinski definition) is 1. The number of hydrogen-bond acceptors (Lipinski definition) is 6. The number of nitrogens with one attached hydrogen (secondary N) is 1. The molecule has 5 rings (SSSR count). The van der Waals surface area contributed by atoms with Crippen LogP contribution in [-0.4, -0.2) is 49.5 Å². The number of anilines is 1. The topological polar surface area (TPSA) is 106 Å². The second kappa shape index (κ2) is 10.3. The molecule has 1 saturated heterocycles. The molecule has 0 radical (unpaired) electrons. The lowest BCUT2D eigenvalue weighted by Gasteiger charge is -2.20. The number of carbonyl (C=O) groups is 2. The summed E-state index contributed by atoms with van der Waals surface area (Å²) in [6, 6.07) is 11.4. The zero-order valence-electron chi connectivity index (χ0n) is 20.7.